The summed E-state index contributed by atoms with van der Waals surface area (Å²) >= 11 is -2.29. The Labute approximate surface area is 219 Å². The summed E-state index contributed by atoms with van der Waals surface area (Å²) in [5.41, 5.74) is 3.81. The van der Waals surface area contributed by atoms with E-state index >= 15 is 0 Å². The molecule has 1 heterocycles. The Morgan fingerprint density at radius 3 is 2.38 bits per heavy atom. The fourth-order valence-electron chi connectivity index (χ4n) is 4.57. The second-order valence-electron chi connectivity index (χ2n) is 8.91. The second-order valence-corrected chi connectivity index (χ2v) is 9.74. The van der Waals surface area contributed by atoms with Crippen molar-refractivity contribution in [1.29, 1.82) is 5.26 Å². The largest absolute Gasteiger partial charge is 0.481 e. The van der Waals surface area contributed by atoms with E-state index in [1.54, 1.807) is 11.9 Å². The predicted octanol–water partition coefficient (Wildman–Crippen LogP) is 3.64. The lowest BCUT2D eigenvalue weighted by molar-refractivity contribution is -0.139. The summed E-state index contributed by atoms with van der Waals surface area (Å²) in [4.78, 5) is 13.2. The summed E-state index contributed by atoms with van der Waals surface area (Å²) in [7, 11) is 0. The van der Waals surface area contributed by atoms with E-state index in [0.717, 1.165) is 33.2 Å². The average molecular weight is 517 g/mol. The maximum atomic E-state index is 11.8. The summed E-state index contributed by atoms with van der Waals surface area (Å²) in [5.74, 6) is 5.43. The fourth-order valence-corrected chi connectivity index (χ4v) is 5.31. The lowest BCUT2D eigenvalue weighted by Gasteiger charge is -2.41. The summed E-state index contributed by atoms with van der Waals surface area (Å²) < 4.78 is 22.8. The number of nitriles is 1. The van der Waals surface area contributed by atoms with Crippen LogP contribution < -0.4 is 4.90 Å². The van der Waals surface area contributed by atoms with E-state index in [0.29, 0.717) is 32.6 Å². The number of anilines is 1. The SMILES string of the molecule is CC(CC(=O)O)N(N1CCN(c2ccc(C#Cc3ccc4cccc(CC#N)c4c3)cc2)CC1)S(=O)O. The van der Waals surface area contributed by atoms with Gasteiger partial charge in [-0.2, -0.15) is 5.26 Å². The number of carbonyl (C=O) groups is 1. The Bertz CT molecular complexity index is 1400. The standard InChI is InChI=1S/C28H28N4O4S/c1-21(19-28(33)34)32(37(35)36)31-17-15-30(16-18-31)26-11-8-22(9-12-26)5-6-23-7-10-24-3-2-4-25(13-14-29)27(24)20-23/h2-4,7-12,20-21H,13,15-19H2,1H3,(H,33,34)(H,35,36). The highest BCUT2D eigenvalue weighted by Crippen LogP contribution is 2.22. The number of carboxylic acid groups (broad SMARTS) is 1. The van der Waals surface area contributed by atoms with Crippen molar-refractivity contribution in [2.45, 2.75) is 25.8 Å². The molecule has 0 bridgehead atoms. The van der Waals surface area contributed by atoms with Gasteiger partial charge in [0.25, 0.3) is 0 Å². The van der Waals surface area contributed by atoms with E-state index in [4.69, 9.17) is 10.4 Å². The van der Waals surface area contributed by atoms with E-state index in [1.165, 1.54) is 4.41 Å². The molecular weight excluding hydrogens is 488 g/mol. The molecule has 2 unspecified atom stereocenters. The van der Waals surface area contributed by atoms with Crippen LogP contribution in [0.2, 0.25) is 0 Å². The summed E-state index contributed by atoms with van der Waals surface area (Å²) in [6.45, 7) is 3.93. The molecule has 37 heavy (non-hydrogen) atoms. The molecule has 2 N–H and O–H groups in total. The van der Waals surface area contributed by atoms with Crippen LogP contribution in [0.25, 0.3) is 10.8 Å². The van der Waals surface area contributed by atoms with Crippen LogP contribution >= 0.6 is 0 Å². The molecule has 1 fully saturated rings. The number of rotatable bonds is 7. The van der Waals surface area contributed by atoms with Crippen LogP contribution in [-0.2, 0) is 22.5 Å². The van der Waals surface area contributed by atoms with Crippen LogP contribution in [0.1, 0.15) is 30.0 Å². The number of fused-ring (bicyclic) bond motifs is 1. The monoisotopic (exact) mass is 516 g/mol. The minimum Gasteiger partial charge on any atom is -0.481 e. The zero-order valence-corrected chi connectivity index (χ0v) is 21.3. The molecule has 0 amide bonds. The van der Waals surface area contributed by atoms with Gasteiger partial charge in [-0.3, -0.25) is 9.35 Å². The molecule has 1 aliphatic heterocycles. The maximum Gasteiger partial charge on any atom is 0.305 e. The van der Waals surface area contributed by atoms with E-state index in [-0.39, 0.29) is 6.42 Å². The first-order valence-corrected chi connectivity index (χ1v) is 13.0. The average Bonchev–Trinajstić information content (AvgIpc) is 2.88. The van der Waals surface area contributed by atoms with Crippen LogP contribution in [0.15, 0.2) is 60.7 Å². The number of hydrazine groups is 1. The number of piperazine rings is 1. The number of aliphatic carboxylic acids is 1. The van der Waals surface area contributed by atoms with E-state index < -0.39 is 23.3 Å². The van der Waals surface area contributed by atoms with Crippen LogP contribution in [-0.4, -0.2) is 61.5 Å². The number of hydrogen-bond donors (Lipinski definition) is 2. The third kappa shape index (κ3) is 6.53. The molecule has 0 saturated carbocycles. The van der Waals surface area contributed by atoms with Crippen molar-refractivity contribution < 1.29 is 18.7 Å². The molecule has 3 aromatic carbocycles. The Kier molecular flexibility index (Phi) is 8.54. The third-order valence-corrected chi connectivity index (χ3v) is 7.28. The van der Waals surface area contributed by atoms with Crippen LogP contribution in [0.4, 0.5) is 5.69 Å². The minimum absolute atomic E-state index is 0.213. The Morgan fingerprint density at radius 2 is 1.73 bits per heavy atom. The highest BCUT2D eigenvalue weighted by Gasteiger charge is 2.30. The van der Waals surface area contributed by atoms with E-state index in [1.807, 2.05) is 60.7 Å². The summed E-state index contributed by atoms with van der Waals surface area (Å²) in [6.07, 6.45) is 0.149. The zero-order chi connectivity index (χ0) is 26.4. The quantitative estimate of drug-likeness (QED) is 0.365. The number of hydrogen-bond acceptors (Lipinski definition) is 5. The predicted molar refractivity (Wildman–Crippen MR) is 144 cm³/mol. The lowest BCUT2D eigenvalue weighted by Crippen LogP contribution is -2.57. The second kappa shape index (κ2) is 12.0. The van der Waals surface area contributed by atoms with Gasteiger partial charge in [-0.1, -0.05) is 36.1 Å². The van der Waals surface area contributed by atoms with Gasteiger partial charge in [0.15, 0.2) is 0 Å². The van der Waals surface area contributed by atoms with Gasteiger partial charge in [0.2, 0.25) is 11.3 Å². The molecule has 0 aliphatic carbocycles. The van der Waals surface area contributed by atoms with Gasteiger partial charge in [0.1, 0.15) is 0 Å². The van der Waals surface area contributed by atoms with E-state index in [9.17, 15) is 13.6 Å². The highest BCUT2D eigenvalue weighted by molar-refractivity contribution is 7.76. The van der Waals surface area contributed by atoms with Gasteiger partial charge in [-0.25, -0.2) is 9.22 Å². The third-order valence-electron chi connectivity index (χ3n) is 6.37. The van der Waals surface area contributed by atoms with Crippen molar-refractivity contribution in [3.8, 4) is 17.9 Å². The smallest absolute Gasteiger partial charge is 0.305 e. The van der Waals surface area contributed by atoms with Crippen LogP contribution in [0, 0.1) is 23.2 Å². The number of benzene rings is 3. The van der Waals surface area contributed by atoms with Crippen molar-refractivity contribution in [1.82, 2.24) is 9.42 Å². The van der Waals surface area contributed by atoms with Crippen molar-refractivity contribution in [3.05, 3.63) is 77.4 Å². The highest BCUT2D eigenvalue weighted by atomic mass is 32.2. The fraction of sp³-hybridized carbons (Fsp3) is 0.286. The Balaban J connectivity index is 1.41. The lowest BCUT2D eigenvalue weighted by atomic mass is 10.0. The van der Waals surface area contributed by atoms with Gasteiger partial charge < -0.3 is 10.0 Å². The van der Waals surface area contributed by atoms with Gasteiger partial charge in [-0.15, -0.1) is 4.41 Å². The van der Waals surface area contributed by atoms with Gasteiger partial charge in [-0.05, 0) is 59.7 Å². The molecule has 0 spiro atoms. The Morgan fingerprint density at radius 1 is 1.05 bits per heavy atom. The van der Waals surface area contributed by atoms with Crippen molar-refractivity contribution >= 4 is 33.7 Å². The molecule has 190 valence electrons. The molecule has 3 aromatic rings. The zero-order valence-electron chi connectivity index (χ0n) is 20.5. The molecule has 8 nitrogen and oxygen atoms in total. The van der Waals surface area contributed by atoms with Crippen molar-refractivity contribution in [2.75, 3.05) is 31.1 Å². The first kappa shape index (κ1) is 26.3. The maximum absolute atomic E-state index is 11.8. The van der Waals surface area contributed by atoms with Gasteiger partial charge >= 0.3 is 5.97 Å². The topological polar surface area (TPSA) is 108 Å². The first-order valence-electron chi connectivity index (χ1n) is 12.0. The Hall–Kier alpha value is -3.73. The number of nitrogens with zero attached hydrogens (tertiary/aromatic N) is 4. The van der Waals surface area contributed by atoms with Crippen molar-refractivity contribution in [2.24, 2.45) is 0 Å². The van der Waals surface area contributed by atoms with Crippen molar-refractivity contribution in [3.63, 3.8) is 0 Å². The molecule has 2 atom stereocenters. The molecule has 9 heteroatoms. The normalized spacial score (nSPS) is 15.6. The van der Waals surface area contributed by atoms with Crippen LogP contribution in [0.5, 0.6) is 0 Å². The minimum atomic E-state index is -2.29. The molecule has 1 aliphatic rings. The summed E-state index contributed by atoms with van der Waals surface area (Å²) in [5, 5.41) is 22.0. The van der Waals surface area contributed by atoms with Gasteiger partial charge in [0, 0.05) is 49.0 Å². The van der Waals surface area contributed by atoms with Crippen LogP contribution in [0.3, 0.4) is 0 Å². The summed E-state index contributed by atoms with van der Waals surface area (Å²) in [6, 6.07) is 21.6. The van der Waals surface area contributed by atoms with Gasteiger partial charge in [0.05, 0.1) is 18.9 Å². The molecule has 0 radical (unpaired) electrons. The van der Waals surface area contributed by atoms with E-state index in [2.05, 4.69) is 22.8 Å². The molecular formula is C28H28N4O4S. The number of carboxylic acids is 1. The molecule has 0 aromatic heterocycles. The molecule has 1 saturated heterocycles. The first-order chi connectivity index (χ1) is 17.9. The molecule has 4 rings (SSSR count).